The minimum absolute atomic E-state index is 0.142. The van der Waals surface area contributed by atoms with Gasteiger partial charge in [0.25, 0.3) is 5.91 Å². The number of carboxylic acid groups (broad SMARTS) is 1. The van der Waals surface area contributed by atoms with Crippen LogP contribution in [0.5, 0.6) is 0 Å². The molecule has 1 heterocycles. The third-order valence-electron chi connectivity index (χ3n) is 3.36. The van der Waals surface area contributed by atoms with E-state index in [4.69, 9.17) is 5.11 Å². The highest BCUT2D eigenvalue weighted by Gasteiger charge is 2.31. The van der Waals surface area contributed by atoms with E-state index in [2.05, 4.69) is 12.1 Å². The number of carbonyl (C=O) groups is 2. The molecule has 5 heteroatoms. The van der Waals surface area contributed by atoms with Crippen LogP contribution in [0.2, 0.25) is 0 Å². The molecule has 0 saturated carbocycles. The predicted molar refractivity (Wildman–Crippen MR) is 80.3 cm³/mol. The number of fused-ring (bicyclic) bond motifs is 1. The lowest BCUT2D eigenvalue weighted by molar-refractivity contribution is 0.0764. The quantitative estimate of drug-likeness (QED) is 0.880. The Balaban J connectivity index is 1.75. The number of benzene rings is 2. The summed E-state index contributed by atoms with van der Waals surface area (Å²) < 4.78 is 0. The van der Waals surface area contributed by atoms with E-state index in [1.54, 1.807) is 17.8 Å². The number of thioether (sulfide) groups is 1. The van der Waals surface area contributed by atoms with Crippen LogP contribution in [-0.2, 0) is 12.3 Å². The van der Waals surface area contributed by atoms with E-state index in [9.17, 15) is 9.59 Å². The number of nitrogens with zero attached hydrogens (tertiary/aromatic N) is 1. The summed E-state index contributed by atoms with van der Waals surface area (Å²) in [5.41, 5.74) is 2.49. The highest BCUT2D eigenvalue weighted by Crippen LogP contribution is 2.29. The fourth-order valence-electron chi connectivity index (χ4n) is 2.28. The van der Waals surface area contributed by atoms with Gasteiger partial charge in [0.15, 0.2) is 0 Å². The van der Waals surface area contributed by atoms with Crippen molar-refractivity contribution in [1.29, 1.82) is 0 Å². The Labute approximate surface area is 126 Å². The summed E-state index contributed by atoms with van der Waals surface area (Å²) in [7, 11) is 0. The molecule has 0 unspecified atom stereocenters. The zero-order valence-electron chi connectivity index (χ0n) is 11.2. The van der Waals surface area contributed by atoms with Crippen LogP contribution in [-0.4, -0.2) is 22.0 Å². The second-order valence-corrected chi connectivity index (χ2v) is 5.82. The molecular formula is C16H13NO3S. The molecule has 1 aliphatic rings. The molecule has 1 N–H and O–H groups in total. The van der Waals surface area contributed by atoms with Crippen molar-refractivity contribution < 1.29 is 14.7 Å². The summed E-state index contributed by atoms with van der Waals surface area (Å²) in [6.07, 6.45) is -1.20. The Morgan fingerprint density at radius 3 is 2.67 bits per heavy atom. The summed E-state index contributed by atoms with van der Waals surface area (Å²) >= 11 is 1.67. The first-order valence-electron chi connectivity index (χ1n) is 6.49. The molecule has 2 aromatic carbocycles. The Morgan fingerprint density at radius 1 is 1.19 bits per heavy atom. The van der Waals surface area contributed by atoms with Crippen molar-refractivity contribution in [2.75, 3.05) is 0 Å². The lowest BCUT2D eigenvalue weighted by atomic mass is 10.1. The van der Waals surface area contributed by atoms with Crippen LogP contribution >= 0.6 is 11.8 Å². The molecule has 0 spiro atoms. The van der Waals surface area contributed by atoms with Crippen LogP contribution in [0.3, 0.4) is 0 Å². The smallest absolute Gasteiger partial charge is 0.414 e. The summed E-state index contributed by atoms with van der Waals surface area (Å²) in [6.45, 7) is 0.142. The zero-order valence-corrected chi connectivity index (χ0v) is 12.0. The summed E-state index contributed by atoms with van der Waals surface area (Å²) in [6, 6.07) is 15.6. The van der Waals surface area contributed by atoms with Crippen molar-refractivity contribution >= 4 is 23.8 Å². The Bertz CT molecular complexity index is 700. The van der Waals surface area contributed by atoms with Crippen LogP contribution < -0.4 is 0 Å². The fourth-order valence-corrected chi connectivity index (χ4v) is 3.20. The van der Waals surface area contributed by atoms with Gasteiger partial charge in [0.2, 0.25) is 0 Å². The van der Waals surface area contributed by atoms with Gasteiger partial charge in [0.1, 0.15) is 0 Å². The standard InChI is InChI=1S/C16H13NO3S/c18-15-14-7-6-13(8-12(14)9-17(15)16(19)20)21-10-11-4-2-1-3-5-11/h1-8H,9-10H2,(H,19,20). The van der Waals surface area contributed by atoms with E-state index in [0.29, 0.717) is 5.56 Å². The largest absolute Gasteiger partial charge is 0.465 e. The van der Waals surface area contributed by atoms with E-state index < -0.39 is 12.0 Å². The summed E-state index contributed by atoms with van der Waals surface area (Å²) in [4.78, 5) is 24.7. The number of hydrogen-bond acceptors (Lipinski definition) is 3. The van der Waals surface area contributed by atoms with Crippen LogP contribution in [0.25, 0.3) is 0 Å². The van der Waals surface area contributed by atoms with Crippen LogP contribution in [0, 0.1) is 0 Å². The molecule has 0 aromatic heterocycles. The van der Waals surface area contributed by atoms with E-state index >= 15 is 0 Å². The van der Waals surface area contributed by atoms with Gasteiger partial charge in [-0.3, -0.25) is 4.79 Å². The van der Waals surface area contributed by atoms with Gasteiger partial charge < -0.3 is 5.11 Å². The van der Waals surface area contributed by atoms with Crippen molar-refractivity contribution in [2.45, 2.75) is 17.2 Å². The first-order chi connectivity index (χ1) is 10.1. The molecule has 2 amide bonds. The van der Waals surface area contributed by atoms with E-state index in [-0.39, 0.29) is 6.54 Å². The average molecular weight is 299 g/mol. The molecular weight excluding hydrogens is 286 g/mol. The minimum atomic E-state index is -1.20. The molecule has 2 aromatic rings. The number of carbonyl (C=O) groups excluding carboxylic acids is 1. The van der Waals surface area contributed by atoms with Gasteiger partial charge in [-0.05, 0) is 29.3 Å². The molecule has 106 valence electrons. The van der Waals surface area contributed by atoms with Crippen LogP contribution in [0.4, 0.5) is 4.79 Å². The second kappa shape index (κ2) is 5.61. The molecule has 4 nitrogen and oxygen atoms in total. The number of amides is 2. The number of imide groups is 1. The maximum atomic E-state index is 11.9. The molecule has 0 atom stereocenters. The molecule has 0 fully saturated rings. The molecule has 3 rings (SSSR count). The SMILES string of the molecule is O=C(O)N1Cc2cc(SCc3ccccc3)ccc2C1=O. The van der Waals surface area contributed by atoms with Crippen LogP contribution in [0.1, 0.15) is 21.5 Å². The van der Waals surface area contributed by atoms with Crippen LogP contribution in [0.15, 0.2) is 53.4 Å². The maximum Gasteiger partial charge on any atom is 0.414 e. The average Bonchev–Trinajstić information content (AvgIpc) is 2.83. The molecule has 21 heavy (non-hydrogen) atoms. The van der Waals surface area contributed by atoms with Gasteiger partial charge in [-0.1, -0.05) is 30.3 Å². The molecule has 0 saturated heterocycles. The van der Waals surface area contributed by atoms with Crippen molar-refractivity contribution in [3.8, 4) is 0 Å². The van der Waals surface area contributed by atoms with E-state index in [1.807, 2.05) is 30.3 Å². The maximum absolute atomic E-state index is 11.9. The Kier molecular flexibility index (Phi) is 3.66. The number of hydrogen-bond donors (Lipinski definition) is 1. The third kappa shape index (κ3) is 2.78. The van der Waals surface area contributed by atoms with Gasteiger partial charge in [0.05, 0.1) is 6.54 Å². The summed E-state index contributed by atoms with van der Waals surface area (Å²) in [5, 5.41) is 8.98. The normalized spacial score (nSPS) is 13.3. The lowest BCUT2D eigenvalue weighted by Gasteiger charge is -2.06. The van der Waals surface area contributed by atoms with E-state index in [0.717, 1.165) is 21.1 Å². The highest BCUT2D eigenvalue weighted by molar-refractivity contribution is 7.98. The van der Waals surface area contributed by atoms with Crippen molar-refractivity contribution in [3.05, 3.63) is 65.2 Å². The van der Waals surface area contributed by atoms with Crippen molar-refractivity contribution in [3.63, 3.8) is 0 Å². The van der Waals surface area contributed by atoms with Gasteiger partial charge in [-0.2, -0.15) is 0 Å². The predicted octanol–water partition coefficient (Wildman–Crippen LogP) is 3.61. The highest BCUT2D eigenvalue weighted by atomic mass is 32.2. The molecule has 1 aliphatic heterocycles. The minimum Gasteiger partial charge on any atom is -0.465 e. The Morgan fingerprint density at radius 2 is 1.95 bits per heavy atom. The van der Waals surface area contributed by atoms with Crippen molar-refractivity contribution in [1.82, 2.24) is 4.90 Å². The van der Waals surface area contributed by atoms with E-state index in [1.165, 1.54) is 5.56 Å². The second-order valence-electron chi connectivity index (χ2n) is 4.77. The lowest BCUT2D eigenvalue weighted by Crippen LogP contribution is -2.29. The van der Waals surface area contributed by atoms with Gasteiger partial charge in [-0.25, -0.2) is 9.69 Å². The topological polar surface area (TPSA) is 57.6 Å². The van der Waals surface area contributed by atoms with Crippen molar-refractivity contribution in [2.24, 2.45) is 0 Å². The van der Waals surface area contributed by atoms with Gasteiger partial charge in [-0.15, -0.1) is 11.8 Å². The molecule has 0 radical (unpaired) electrons. The molecule has 0 bridgehead atoms. The fraction of sp³-hybridized carbons (Fsp3) is 0.125. The number of rotatable bonds is 3. The molecule has 0 aliphatic carbocycles. The third-order valence-corrected chi connectivity index (χ3v) is 4.42. The first-order valence-corrected chi connectivity index (χ1v) is 7.48. The zero-order chi connectivity index (χ0) is 14.8. The first kappa shape index (κ1) is 13.7. The monoisotopic (exact) mass is 299 g/mol. The Hall–Kier alpha value is -2.27. The van der Waals surface area contributed by atoms with Gasteiger partial charge in [0, 0.05) is 16.2 Å². The van der Waals surface area contributed by atoms with Gasteiger partial charge >= 0.3 is 6.09 Å². The summed E-state index contributed by atoms with van der Waals surface area (Å²) in [5.74, 6) is 0.410.